The van der Waals surface area contributed by atoms with Crippen molar-refractivity contribution in [1.29, 1.82) is 0 Å². The molecule has 2 aromatic carbocycles. The molecule has 0 unspecified atom stereocenters. The summed E-state index contributed by atoms with van der Waals surface area (Å²) in [7, 11) is 0. The highest BCUT2D eigenvalue weighted by atomic mass is 35.5. The average molecular weight is 298 g/mol. The van der Waals surface area contributed by atoms with Crippen LogP contribution in [0.4, 0.5) is 5.82 Å². The van der Waals surface area contributed by atoms with Crippen molar-refractivity contribution in [1.82, 2.24) is 9.97 Å². The van der Waals surface area contributed by atoms with Gasteiger partial charge in [0.15, 0.2) is 0 Å². The molecule has 0 fully saturated rings. The van der Waals surface area contributed by atoms with Gasteiger partial charge < -0.3 is 5.32 Å². The maximum atomic E-state index is 6.05. The molecule has 0 amide bonds. The van der Waals surface area contributed by atoms with Gasteiger partial charge in [-0.15, -0.1) is 0 Å². The average Bonchev–Trinajstić information content (AvgIpc) is 2.53. The van der Waals surface area contributed by atoms with E-state index in [0.717, 1.165) is 36.1 Å². The Morgan fingerprint density at radius 1 is 1.00 bits per heavy atom. The van der Waals surface area contributed by atoms with Gasteiger partial charge >= 0.3 is 0 Å². The van der Waals surface area contributed by atoms with Crippen LogP contribution in [0.5, 0.6) is 0 Å². The Bertz CT molecular complexity index is 728. The number of rotatable bonds is 5. The molecule has 3 nitrogen and oxygen atoms in total. The molecule has 1 N–H and O–H groups in total. The van der Waals surface area contributed by atoms with Crippen LogP contribution < -0.4 is 5.32 Å². The van der Waals surface area contributed by atoms with Gasteiger partial charge in [0.1, 0.15) is 12.1 Å². The molecule has 4 heteroatoms. The number of aromatic nitrogens is 2. The largest absolute Gasteiger partial charge is 0.369 e. The van der Waals surface area contributed by atoms with Crippen LogP contribution in [-0.4, -0.2) is 16.5 Å². The third kappa shape index (κ3) is 3.50. The molecule has 106 valence electrons. The van der Waals surface area contributed by atoms with Crippen molar-refractivity contribution < 1.29 is 0 Å². The van der Waals surface area contributed by atoms with E-state index in [-0.39, 0.29) is 0 Å². The number of nitrogens with zero attached hydrogens (tertiary/aromatic N) is 2. The molecule has 0 radical (unpaired) electrons. The minimum atomic E-state index is 0.699. The Kier molecular flexibility index (Phi) is 4.31. The van der Waals surface area contributed by atoms with E-state index in [1.54, 1.807) is 6.33 Å². The number of fused-ring (bicyclic) bond motifs is 1. The Hall–Kier alpha value is -2.13. The summed E-state index contributed by atoms with van der Waals surface area (Å²) in [6.45, 7) is 0.869. The summed E-state index contributed by atoms with van der Waals surface area (Å²) >= 11 is 6.05. The van der Waals surface area contributed by atoms with Crippen molar-refractivity contribution in [2.24, 2.45) is 0 Å². The van der Waals surface area contributed by atoms with Crippen molar-refractivity contribution in [3.05, 3.63) is 65.4 Å². The molecule has 0 aliphatic heterocycles. The van der Waals surface area contributed by atoms with Gasteiger partial charge in [-0.05, 0) is 36.6 Å². The standard InChI is InChI=1S/C17H16ClN3/c18-14-8-9-16-15(11-14)17(21-12-20-16)19-10-4-7-13-5-2-1-3-6-13/h1-3,5-6,8-9,11-12H,4,7,10H2,(H,19,20,21). The quantitative estimate of drug-likeness (QED) is 0.712. The zero-order chi connectivity index (χ0) is 14.5. The van der Waals surface area contributed by atoms with E-state index in [2.05, 4.69) is 39.6 Å². The highest BCUT2D eigenvalue weighted by Crippen LogP contribution is 2.22. The molecule has 1 aromatic heterocycles. The number of benzene rings is 2. The number of hydrogen-bond acceptors (Lipinski definition) is 3. The van der Waals surface area contributed by atoms with E-state index in [1.807, 2.05) is 24.3 Å². The van der Waals surface area contributed by atoms with Crippen LogP contribution in [0.2, 0.25) is 5.02 Å². The first-order chi connectivity index (χ1) is 10.3. The van der Waals surface area contributed by atoms with Crippen LogP contribution in [-0.2, 0) is 6.42 Å². The van der Waals surface area contributed by atoms with Crippen LogP contribution in [0.25, 0.3) is 10.9 Å². The second kappa shape index (κ2) is 6.55. The van der Waals surface area contributed by atoms with E-state index >= 15 is 0 Å². The van der Waals surface area contributed by atoms with Gasteiger partial charge in [-0.3, -0.25) is 0 Å². The molecular formula is C17H16ClN3. The fourth-order valence-corrected chi connectivity index (χ4v) is 2.49. The van der Waals surface area contributed by atoms with Gasteiger partial charge in [-0.25, -0.2) is 9.97 Å². The zero-order valence-corrected chi connectivity index (χ0v) is 12.3. The summed E-state index contributed by atoms with van der Waals surface area (Å²) in [6, 6.07) is 16.1. The molecule has 0 aliphatic carbocycles. The second-order valence-corrected chi connectivity index (χ2v) is 5.34. The summed E-state index contributed by atoms with van der Waals surface area (Å²) in [4.78, 5) is 8.56. The summed E-state index contributed by atoms with van der Waals surface area (Å²) in [5.74, 6) is 0.843. The minimum Gasteiger partial charge on any atom is -0.369 e. The predicted molar refractivity (Wildman–Crippen MR) is 87.8 cm³/mol. The van der Waals surface area contributed by atoms with Gasteiger partial charge in [0.05, 0.1) is 5.52 Å². The Labute approximate surface area is 129 Å². The van der Waals surface area contributed by atoms with Crippen molar-refractivity contribution in [3.63, 3.8) is 0 Å². The first-order valence-electron chi connectivity index (χ1n) is 7.01. The van der Waals surface area contributed by atoms with Crippen molar-refractivity contribution in [3.8, 4) is 0 Å². The summed E-state index contributed by atoms with van der Waals surface area (Å²) in [6.07, 6.45) is 3.68. The van der Waals surface area contributed by atoms with Crippen molar-refractivity contribution in [2.75, 3.05) is 11.9 Å². The molecule has 0 saturated carbocycles. The number of aryl methyl sites for hydroxylation is 1. The first kappa shape index (κ1) is 13.8. The van der Waals surface area contributed by atoms with Crippen LogP contribution in [0.3, 0.4) is 0 Å². The molecule has 0 saturated heterocycles. The van der Waals surface area contributed by atoms with E-state index in [9.17, 15) is 0 Å². The van der Waals surface area contributed by atoms with Gasteiger partial charge in [0.25, 0.3) is 0 Å². The first-order valence-corrected chi connectivity index (χ1v) is 7.39. The fourth-order valence-electron chi connectivity index (χ4n) is 2.31. The molecule has 1 heterocycles. The number of anilines is 1. The highest BCUT2D eigenvalue weighted by Gasteiger charge is 2.03. The lowest BCUT2D eigenvalue weighted by molar-refractivity contribution is 0.859. The third-order valence-electron chi connectivity index (χ3n) is 3.37. The Balaban J connectivity index is 1.64. The summed E-state index contributed by atoms with van der Waals surface area (Å²) in [5.41, 5.74) is 2.26. The smallest absolute Gasteiger partial charge is 0.137 e. The number of hydrogen-bond donors (Lipinski definition) is 1. The van der Waals surface area contributed by atoms with Crippen molar-refractivity contribution in [2.45, 2.75) is 12.8 Å². The molecule has 21 heavy (non-hydrogen) atoms. The Morgan fingerprint density at radius 3 is 2.71 bits per heavy atom. The third-order valence-corrected chi connectivity index (χ3v) is 3.61. The predicted octanol–water partition coefficient (Wildman–Crippen LogP) is 4.33. The number of nitrogens with one attached hydrogen (secondary N) is 1. The normalized spacial score (nSPS) is 10.7. The highest BCUT2D eigenvalue weighted by molar-refractivity contribution is 6.31. The topological polar surface area (TPSA) is 37.8 Å². The molecule has 0 atom stereocenters. The van der Waals surface area contributed by atoms with E-state index in [0.29, 0.717) is 5.02 Å². The van der Waals surface area contributed by atoms with Gasteiger partial charge in [0, 0.05) is 17.0 Å². The number of halogens is 1. The summed E-state index contributed by atoms with van der Waals surface area (Å²) in [5, 5.41) is 5.04. The van der Waals surface area contributed by atoms with E-state index in [4.69, 9.17) is 11.6 Å². The zero-order valence-electron chi connectivity index (χ0n) is 11.6. The maximum absolute atomic E-state index is 6.05. The second-order valence-electron chi connectivity index (χ2n) is 4.90. The van der Waals surface area contributed by atoms with Gasteiger partial charge in [0.2, 0.25) is 0 Å². The molecule has 0 aliphatic rings. The molecule has 3 rings (SSSR count). The SMILES string of the molecule is Clc1ccc2ncnc(NCCCc3ccccc3)c2c1. The maximum Gasteiger partial charge on any atom is 0.137 e. The monoisotopic (exact) mass is 297 g/mol. The molecule has 0 spiro atoms. The lowest BCUT2D eigenvalue weighted by atomic mass is 10.1. The Morgan fingerprint density at radius 2 is 1.86 bits per heavy atom. The lowest BCUT2D eigenvalue weighted by Gasteiger charge is -2.08. The van der Waals surface area contributed by atoms with Crippen LogP contribution in [0.1, 0.15) is 12.0 Å². The fraction of sp³-hybridized carbons (Fsp3) is 0.176. The van der Waals surface area contributed by atoms with E-state index < -0.39 is 0 Å². The van der Waals surface area contributed by atoms with E-state index in [1.165, 1.54) is 5.56 Å². The minimum absolute atomic E-state index is 0.699. The molecular weight excluding hydrogens is 282 g/mol. The van der Waals surface area contributed by atoms with Gasteiger partial charge in [-0.1, -0.05) is 41.9 Å². The molecule has 3 aromatic rings. The molecule has 0 bridgehead atoms. The van der Waals surface area contributed by atoms with Crippen molar-refractivity contribution >= 4 is 28.3 Å². The summed E-state index contributed by atoms with van der Waals surface area (Å²) < 4.78 is 0. The van der Waals surface area contributed by atoms with Crippen LogP contribution in [0.15, 0.2) is 54.9 Å². The van der Waals surface area contributed by atoms with Gasteiger partial charge in [-0.2, -0.15) is 0 Å². The van der Waals surface area contributed by atoms with Crippen LogP contribution >= 0.6 is 11.6 Å². The van der Waals surface area contributed by atoms with Crippen LogP contribution in [0, 0.1) is 0 Å². The lowest BCUT2D eigenvalue weighted by Crippen LogP contribution is -2.05.